The normalized spacial score (nSPS) is 12.6. The molecule has 16 heavy (non-hydrogen) atoms. The highest BCUT2D eigenvalue weighted by molar-refractivity contribution is 4.68. The minimum absolute atomic E-state index is 0.642. The minimum Gasteiger partial charge on any atom is -0.385 e. The largest absolute Gasteiger partial charge is 0.385 e. The van der Waals surface area contributed by atoms with Crippen LogP contribution in [0.3, 0.4) is 0 Å². The van der Waals surface area contributed by atoms with Crippen LogP contribution in [0.4, 0.5) is 0 Å². The maximum absolute atomic E-state index is 5.14. The van der Waals surface area contributed by atoms with Crippen molar-refractivity contribution < 1.29 is 4.74 Å². The van der Waals surface area contributed by atoms with Crippen LogP contribution in [0.2, 0.25) is 0 Å². The van der Waals surface area contributed by atoms with Gasteiger partial charge in [-0.05, 0) is 38.6 Å². The maximum atomic E-state index is 5.14. The fourth-order valence-electron chi connectivity index (χ4n) is 1.81. The second kappa shape index (κ2) is 12.7. The summed E-state index contributed by atoms with van der Waals surface area (Å²) in [5.41, 5.74) is 0. The van der Waals surface area contributed by atoms with Crippen molar-refractivity contribution in [1.82, 2.24) is 5.32 Å². The number of unbranched alkanes of at least 4 members (excludes halogenated alkanes) is 3. The van der Waals surface area contributed by atoms with Crippen LogP contribution in [-0.4, -0.2) is 26.3 Å². The predicted molar refractivity (Wildman–Crippen MR) is 71.9 cm³/mol. The van der Waals surface area contributed by atoms with Gasteiger partial charge in [-0.3, -0.25) is 0 Å². The first-order valence-electron chi connectivity index (χ1n) is 6.68. The van der Waals surface area contributed by atoms with E-state index in [1.54, 1.807) is 7.11 Å². The smallest absolute Gasteiger partial charge is 0.0477 e. The Hall–Kier alpha value is -0.340. The second-order valence-corrected chi connectivity index (χ2v) is 4.36. The van der Waals surface area contributed by atoms with Gasteiger partial charge in [-0.25, -0.2) is 0 Å². The summed E-state index contributed by atoms with van der Waals surface area (Å²) in [5, 5.41) is 3.59. The Morgan fingerprint density at radius 2 is 2.06 bits per heavy atom. The number of allylic oxidation sites excluding steroid dienone is 1. The number of methoxy groups -OCH3 is 1. The Labute approximate surface area is 101 Å². The summed E-state index contributed by atoms with van der Waals surface area (Å²) in [6, 6.07) is 0.642. The van der Waals surface area contributed by atoms with Gasteiger partial charge in [0.15, 0.2) is 0 Å². The van der Waals surface area contributed by atoms with Crippen molar-refractivity contribution in [2.75, 3.05) is 20.3 Å². The summed E-state index contributed by atoms with van der Waals surface area (Å²) in [5.74, 6) is 0. The Kier molecular flexibility index (Phi) is 12.5. The molecule has 0 heterocycles. The van der Waals surface area contributed by atoms with Crippen LogP contribution in [0.25, 0.3) is 0 Å². The number of rotatable bonds is 12. The second-order valence-electron chi connectivity index (χ2n) is 4.36. The molecule has 1 unspecified atom stereocenters. The van der Waals surface area contributed by atoms with Crippen molar-refractivity contribution in [2.45, 2.75) is 57.9 Å². The van der Waals surface area contributed by atoms with Crippen LogP contribution >= 0.6 is 0 Å². The number of hydrogen-bond acceptors (Lipinski definition) is 2. The fraction of sp³-hybridized carbons (Fsp3) is 0.857. The van der Waals surface area contributed by atoms with Crippen LogP contribution in [0.5, 0.6) is 0 Å². The van der Waals surface area contributed by atoms with Crippen molar-refractivity contribution in [3.63, 3.8) is 0 Å². The molecule has 0 aliphatic carbocycles. The average Bonchev–Trinajstić information content (AvgIpc) is 2.31. The third kappa shape index (κ3) is 10.2. The molecule has 0 aliphatic heterocycles. The molecular weight excluding hydrogens is 198 g/mol. The first-order valence-corrected chi connectivity index (χ1v) is 6.68. The van der Waals surface area contributed by atoms with Gasteiger partial charge in [-0.15, -0.1) is 6.58 Å². The summed E-state index contributed by atoms with van der Waals surface area (Å²) in [4.78, 5) is 0. The highest BCUT2D eigenvalue weighted by Gasteiger charge is 2.06. The van der Waals surface area contributed by atoms with E-state index in [1.807, 2.05) is 6.08 Å². The molecular formula is C14H29NO. The van der Waals surface area contributed by atoms with E-state index in [0.29, 0.717) is 6.04 Å². The molecule has 1 N–H and O–H groups in total. The molecule has 0 amide bonds. The van der Waals surface area contributed by atoms with Crippen LogP contribution in [0.15, 0.2) is 12.7 Å². The lowest BCUT2D eigenvalue weighted by Gasteiger charge is -2.17. The van der Waals surface area contributed by atoms with E-state index >= 15 is 0 Å². The van der Waals surface area contributed by atoms with Gasteiger partial charge in [0.1, 0.15) is 0 Å². The lowest BCUT2D eigenvalue weighted by atomic mass is 10.0. The van der Waals surface area contributed by atoms with Crippen molar-refractivity contribution >= 4 is 0 Å². The SMILES string of the molecule is C=CCCCCCC(CCOC)NCCC. The van der Waals surface area contributed by atoms with Gasteiger partial charge in [0.25, 0.3) is 0 Å². The van der Waals surface area contributed by atoms with Crippen LogP contribution in [0.1, 0.15) is 51.9 Å². The average molecular weight is 227 g/mol. The van der Waals surface area contributed by atoms with Crippen LogP contribution in [0, 0.1) is 0 Å². The van der Waals surface area contributed by atoms with Crippen LogP contribution < -0.4 is 5.32 Å². The standard InChI is InChI=1S/C14H29NO/c1-4-6-7-8-9-10-14(11-13-16-3)15-12-5-2/h4,14-15H,1,5-13H2,2-3H3. The summed E-state index contributed by atoms with van der Waals surface area (Å²) in [6.45, 7) is 7.95. The molecule has 0 radical (unpaired) electrons. The Morgan fingerprint density at radius 3 is 2.69 bits per heavy atom. The molecule has 0 aromatic heterocycles. The third-order valence-electron chi connectivity index (χ3n) is 2.81. The predicted octanol–water partition coefficient (Wildman–Crippen LogP) is 3.53. The third-order valence-corrected chi connectivity index (χ3v) is 2.81. The molecule has 2 heteroatoms. The molecule has 0 saturated heterocycles. The first-order chi connectivity index (χ1) is 7.85. The lowest BCUT2D eigenvalue weighted by molar-refractivity contribution is 0.180. The molecule has 96 valence electrons. The van der Waals surface area contributed by atoms with E-state index in [1.165, 1.54) is 32.1 Å². The quantitative estimate of drug-likeness (QED) is 0.407. The van der Waals surface area contributed by atoms with Gasteiger partial charge in [-0.2, -0.15) is 0 Å². The van der Waals surface area contributed by atoms with Gasteiger partial charge < -0.3 is 10.1 Å². The van der Waals surface area contributed by atoms with E-state index in [9.17, 15) is 0 Å². The monoisotopic (exact) mass is 227 g/mol. The molecule has 0 rings (SSSR count). The number of ether oxygens (including phenoxy) is 1. The van der Waals surface area contributed by atoms with Gasteiger partial charge in [0.2, 0.25) is 0 Å². The number of nitrogens with one attached hydrogen (secondary N) is 1. The van der Waals surface area contributed by atoms with Crippen molar-refractivity contribution in [2.24, 2.45) is 0 Å². The molecule has 0 saturated carbocycles. The first kappa shape index (κ1) is 15.7. The highest BCUT2D eigenvalue weighted by atomic mass is 16.5. The van der Waals surface area contributed by atoms with E-state index in [2.05, 4.69) is 18.8 Å². The molecule has 0 aliphatic rings. The highest BCUT2D eigenvalue weighted by Crippen LogP contribution is 2.08. The number of hydrogen-bond donors (Lipinski definition) is 1. The zero-order valence-electron chi connectivity index (χ0n) is 11.1. The molecule has 0 bridgehead atoms. The topological polar surface area (TPSA) is 21.3 Å². The van der Waals surface area contributed by atoms with E-state index in [0.717, 1.165) is 26.0 Å². The summed E-state index contributed by atoms with van der Waals surface area (Å²) in [6.07, 6.45) is 10.7. The van der Waals surface area contributed by atoms with E-state index in [-0.39, 0.29) is 0 Å². The fourth-order valence-corrected chi connectivity index (χ4v) is 1.81. The molecule has 1 atom stereocenters. The van der Waals surface area contributed by atoms with E-state index in [4.69, 9.17) is 4.74 Å². The Bertz CT molecular complexity index is 140. The van der Waals surface area contributed by atoms with Crippen molar-refractivity contribution in [3.8, 4) is 0 Å². The lowest BCUT2D eigenvalue weighted by Crippen LogP contribution is -2.30. The molecule has 0 spiro atoms. The van der Waals surface area contributed by atoms with Gasteiger partial charge >= 0.3 is 0 Å². The van der Waals surface area contributed by atoms with Crippen molar-refractivity contribution in [3.05, 3.63) is 12.7 Å². The zero-order chi connectivity index (χ0) is 12.1. The van der Waals surface area contributed by atoms with E-state index < -0.39 is 0 Å². The molecule has 2 nitrogen and oxygen atoms in total. The molecule has 0 aromatic carbocycles. The zero-order valence-corrected chi connectivity index (χ0v) is 11.1. The van der Waals surface area contributed by atoms with Gasteiger partial charge in [0, 0.05) is 19.8 Å². The van der Waals surface area contributed by atoms with Gasteiger partial charge in [0.05, 0.1) is 0 Å². The molecule has 0 aromatic rings. The summed E-state index contributed by atoms with van der Waals surface area (Å²) in [7, 11) is 1.78. The van der Waals surface area contributed by atoms with Crippen LogP contribution in [-0.2, 0) is 4.74 Å². The van der Waals surface area contributed by atoms with Gasteiger partial charge in [-0.1, -0.05) is 25.8 Å². The molecule has 0 fully saturated rings. The summed E-state index contributed by atoms with van der Waals surface area (Å²) < 4.78 is 5.14. The maximum Gasteiger partial charge on any atom is 0.0477 e. The Balaban J connectivity index is 3.51. The Morgan fingerprint density at radius 1 is 1.25 bits per heavy atom. The summed E-state index contributed by atoms with van der Waals surface area (Å²) >= 11 is 0. The minimum atomic E-state index is 0.642. The van der Waals surface area contributed by atoms with Crippen molar-refractivity contribution in [1.29, 1.82) is 0 Å².